The highest BCUT2D eigenvalue weighted by atomic mass is 16.5. The van der Waals surface area contributed by atoms with Crippen LogP contribution in [0.4, 0.5) is 0 Å². The molecule has 5 aromatic heterocycles. The Bertz CT molecular complexity index is 1960. The van der Waals surface area contributed by atoms with Crippen LogP contribution in [-0.2, 0) is 14.1 Å². The van der Waals surface area contributed by atoms with Crippen molar-refractivity contribution in [2.24, 2.45) is 14.1 Å². The molecule has 10 heteroatoms. The third-order valence-corrected chi connectivity index (χ3v) is 8.38. The topological polar surface area (TPSA) is 93.4 Å². The summed E-state index contributed by atoms with van der Waals surface area (Å²) in [6.07, 6.45) is 10.8. The normalized spacial score (nSPS) is 15.6. The average molecular weight is 548 g/mol. The molecule has 2 fully saturated rings. The molecule has 0 unspecified atom stereocenters. The first-order chi connectivity index (χ1) is 19.9. The lowest BCUT2D eigenvalue weighted by Gasteiger charge is -2.12. The lowest BCUT2D eigenvalue weighted by atomic mass is 10.0. The van der Waals surface area contributed by atoms with Crippen molar-refractivity contribution in [1.29, 1.82) is 0 Å². The lowest BCUT2D eigenvalue weighted by molar-refractivity contribution is 0.386. The van der Waals surface area contributed by atoms with Gasteiger partial charge in [0.25, 0.3) is 5.88 Å². The van der Waals surface area contributed by atoms with Gasteiger partial charge in [-0.1, -0.05) is 26.0 Å². The van der Waals surface area contributed by atoms with Crippen molar-refractivity contribution in [3.05, 3.63) is 54.2 Å². The predicted octanol–water partition coefficient (Wildman–Crippen LogP) is 5.92. The number of aromatic nitrogens is 9. The quantitative estimate of drug-likeness (QED) is 0.246. The Kier molecular flexibility index (Phi) is 5.20. The number of ether oxygens (including phenoxy) is 1. The summed E-state index contributed by atoms with van der Waals surface area (Å²) in [4.78, 5) is 10.4. The smallest absolute Gasteiger partial charge is 0.258 e. The first-order valence-electron chi connectivity index (χ1n) is 14.4. The van der Waals surface area contributed by atoms with Gasteiger partial charge in [0.1, 0.15) is 11.5 Å². The molecule has 0 atom stereocenters. The van der Waals surface area contributed by atoms with Crippen LogP contribution < -0.4 is 4.74 Å². The van der Waals surface area contributed by atoms with E-state index >= 15 is 0 Å². The van der Waals surface area contributed by atoms with Gasteiger partial charge in [-0.15, -0.1) is 5.10 Å². The van der Waals surface area contributed by atoms with Gasteiger partial charge in [-0.2, -0.15) is 10.2 Å². The highest BCUT2D eigenvalue weighted by Gasteiger charge is 2.34. The van der Waals surface area contributed by atoms with E-state index in [1.165, 1.54) is 18.5 Å². The molecule has 2 saturated carbocycles. The summed E-state index contributed by atoms with van der Waals surface area (Å²) in [5.74, 6) is 2.26. The van der Waals surface area contributed by atoms with Crippen molar-refractivity contribution in [2.45, 2.75) is 57.4 Å². The van der Waals surface area contributed by atoms with Crippen LogP contribution in [0.15, 0.2) is 42.9 Å². The van der Waals surface area contributed by atoms with Gasteiger partial charge in [-0.25, -0.2) is 14.6 Å². The monoisotopic (exact) mass is 547 g/mol. The van der Waals surface area contributed by atoms with E-state index in [0.717, 1.165) is 68.8 Å². The summed E-state index contributed by atoms with van der Waals surface area (Å²) in [5, 5.41) is 16.3. The largest absolute Gasteiger partial charge is 0.478 e. The minimum atomic E-state index is 0.231. The van der Waals surface area contributed by atoms with Crippen LogP contribution in [0.5, 0.6) is 5.88 Å². The van der Waals surface area contributed by atoms with Crippen LogP contribution in [-0.4, -0.2) is 51.0 Å². The molecule has 41 heavy (non-hydrogen) atoms. The number of hydrogen-bond acceptors (Lipinski definition) is 6. The fourth-order valence-electron chi connectivity index (χ4n) is 6.05. The zero-order valence-electron chi connectivity index (χ0n) is 24.0. The number of hydrogen-bond donors (Lipinski definition) is 0. The van der Waals surface area contributed by atoms with E-state index in [9.17, 15) is 0 Å². The average Bonchev–Trinajstić information content (AvgIpc) is 3.82. The van der Waals surface area contributed by atoms with E-state index in [4.69, 9.17) is 19.8 Å². The number of rotatable bonds is 7. The Morgan fingerprint density at radius 3 is 2.49 bits per heavy atom. The van der Waals surface area contributed by atoms with Gasteiger partial charge in [-0.05, 0) is 43.7 Å². The van der Waals surface area contributed by atoms with Crippen LogP contribution in [0.25, 0.3) is 50.3 Å². The molecular formula is C31H33N9O. The van der Waals surface area contributed by atoms with Crippen molar-refractivity contribution in [1.82, 2.24) is 43.9 Å². The van der Waals surface area contributed by atoms with Gasteiger partial charge in [0, 0.05) is 60.0 Å². The number of pyridine rings is 1. The molecule has 0 aliphatic heterocycles. The number of methoxy groups -OCH3 is 1. The lowest BCUT2D eigenvalue weighted by Crippen LogP contribution is -2.03. The molecule has 0 spiro atoms. The highest BCUT2D eigenvalue weighted by molar-refractivity contribution is 5.95. The maximum Gasteiger partial charge on any atom is 0.258 e. The van der Waals surface area contributed by atoms with Crippen molar-refractivity contribution < 1.29 is 4.74 Å². The minimum absolute atomic E-state index is 0.231. The van der Waals surface area contributed by atoms with E-state index in [1.54, 1.807) is 7.11 Å². The molecule has 208 valence electrons. The van der Waals surface area contributed by atoms with E-state index in [-0.39, 0.29) is 5.92 Å². The Morgan fingerprint density at radius 1 is 0.927 bits per heavy atom. The van der Waals surface area contributed by atoms with Crippen molar-refractivity contribution in [3.8, 4) is 34.2 Å². The second-order valence-corrected chi connectivity index (χ2v) is 11.8. The maximum atomic E-state index is 5.64. The van der Waals surface area contributed by atoms with Gasteiger partial charge in [0.15, 0.2) is 5.65 Å². The molecule has 0 N–H and O–H groups in total. The van der Waals surface area contributed by atoms with Crippen molar-refractivity contribution >= 4 is 21.9 Å². The number of fused-ring (bicyclic) bond motifs is 2. The van der Waals surface area contributed by atoms with Crippen LogP contribution in [0, 0.1) is 0 Å². The second-order valence-electron chi connectivity index (χ2n) is 11.8. The van der Waals surface area contributed by atoms with Gasteiger partial charge in [-0.3, -0.25) is 9.36 Å². The van der Waals surface area contributed by atoms with E-state index in [1.807, 2.05) is 33.5 Å². The molecule has 5 heterocycles. The zero-order chi connectivity index (χ0) is 28.0. The molecule has 6 aromatic rings. The van der Waals surface area contributed by atoms with Crippen LogP contribution in [0.2, 0.25) is 0 Å². The Morgan fingerprint density at radius 2 is 1.76 bits per heavy atom. The zero-order valence-corrected chi connectivity index (χ0v) is 24.0. The van der Waals surface area contributed by atoms with Gasteiger partial charge >= 0.3 is 0 Å². The van der Waals surface area contributed by atoms with E-state index in [0.29, 0.717) is 17.8 Å². The molecule has 2 aliphatic rings. The number of imidazole rings is 1. The molecule has 0 saturated heterocycles. The minimum Gasteiger partial charge on any atom is -0.478 e. The Hall–Kier alpha value is -4.47. The first kappa shape index (κ1) is 24.3. The standard InChI is InChI=1S/C31H33N9O/c1-17(2)26-22(13-19-14-37(3)35-29(19)32-26)30-33-27(28(38(30)4)18-9-10-18)21-7-6-8-24-23(21)15-40(34-24)25-16-39(20-11-12-20)36-31(25)41-5/h6-8,13-18,20H,9-12H2,1-5H3. The van der Waals surface area contributed by atoms with Crippen molar-refractivity contribution in [3.63, 3.8) is 0 Å². The maximum absolute atomic E-state index is 5.64. The first-order valence-corrected chi connectivity index (χ1v) is 14.4. The molecule has 10 nitrogen and oxygen atoms in total. The summed E-state index contributed by atoms with van der Waals surface area (Å²) in [6, 6.07) is 8.97. The summed E-state index contributed by atoms with van der Waals surface area (Å²) >= 11 is 0. The fourth-order valence-corrected chi connectivity index (χ4v) is 6.05. The number of nitrogens with zero attached hydrogens (tertiary/aromatic N) is 9. The number of benzene rings is 1. The Balaban J connectivity index is 1.31. The van der Waals surface area contributed by atoms with E-state index < -0.39 is 0 Å². The van der Waals surface area contributed by atoms with Gasteiger partial charge < -0.3 is 9.30 Å². The van der Waals surface area contributed by atoms with Crippen LogP contribution >= 0.6 is 0 Å². The van der Waals surface area contributed by atoms with Gasteiger partial charge in [0.2, 0.25) is 0 Å². The highest BCUT2D eigenvalue weighted by Crippen LogP contribution is 2.47. The second kappa shape index (κ2) is 8.76. The number of aryl methyl sites for hydroxylation is 1. The van der Waals surface area contributed by atoms with Crippen LogP contribution in [0.3, 0.4) is 0 Å². The molecule has 8 rings (SSSR count). The molecule has 1 aromatic carbocycles. The van der Waals surface area contributed by atoms with E-state index in [2.05, 4.69) is 66.1 Å². The molecular weight excluding hydrogens is 514 g/mol. The third-order valence-electron chi connectivity index (χ3n) is 8.38. The SMILES string of the molecule is COc1nn(C2CC2)cc1-n1cc2c(-c3nc(-c4cc5cn(C)nc5nc4C(C)C)n(C)c3C3CC3)cccc2n1. The molecule has 0 bridgehead atoms. The predicted molar refractivity (Wildman–Crippen MR) is 157 cm³/mol. The third kappa shape index (κ3) is 3.88. The van der Waals surface area contributed by atoms with Crippen LogP contribution in [0.1, 0.15) is 68.8 Å². The summed E-state index contributed by atoms with van der Waals surface area (Å²) in [5.41, 5.74) is 8.02. The summed E-state index contributed by atoms with van der Waals surface area (Å²) < 4.78 is 13.7. The van der Waals surface area contributed by atoms with Crippen molar-refractivity contribution in [2.75, 3.05) is 7.11 Å². The molecule has 0 amide bonds. The molecule has 2 aliphatic carbocycles. The van der Waals surface area contributed by atoms with Gasteiger partial charge in [0.05, 0.1) is 36.3 Å². The molecule has 0 radical (unpaired) electrons. The fraction of sp³-hybridized carbons (Fsp3) is 0.387. The summed E-state index contributed by atoms with van der Waals surface area (Å²) in [7, 11) is 5.75. The summed E-state index contributed by atoms with van der Waals surface area (Å²) in [6.45, 7) is 4.36. The Labute approximate surface area is 237 Å².